The first-order valence-corrected chi connectivity index (χ1v) is 4.62. The highest BCUT2D eigenvalue weighted by molar-refractivity contribution is 5.38. The first-order valence-electron chi connectivity index (χ1n) is 4.62. The van der Waals surface area contributed by atoms with Gasteiger partial charge in [0, 0.05) is 12.6 Å². The van der Waals surface area contributed by atoms with Crippen LogP contribution in [0.25, 0.3) is 0 Å². The Morgan fingerprint density at radius 1 is 1.71 bits per heavy atom. The van der Waals surface area contributed by atoms with Gasteiger partial charge >= 0.3 is 0 Å². The number of nitrogens with zero attached hydrogens (tertiary/aromatic N) is 2. The van der Waals surface area contributed by atoms with Gasteiger partial charge in [0.1, 0.15) is 0 Å². The van der Waals surface area contributed by atoms with Gasteiger partial charge in [0.05, 0.1) is 24.5 Å². The average Bonchev–Trinajstić information content (AvgIpc) is 2.10. The number of anilines is 1. The summed E-state index contributed by atoms with van der Waals surface area (Å²) in [5.74, 6) is 0. The Kier molecular flexibility index (Phi) is 3.64. The molecule has 0 aromatic carbocycles. The third kappa shape index (κ3) is 2.85. The van der Waals surface area contributed by atoms with Crippen molar-refractivity contribution in [1.29, 1.82) is 0 Å². The van der Waals surface area contributed by atoms with Crippen molar-refractivity contribution in [2.24, 2.45) is 0 Å². The predicted octanol–water partition coefficient (Wildman–Crippen LogP) is 0.0559. The molecular formula is C9H15N3O2. The topological polar surface area (TPSA) is 67.2 Å². The molecule has 1 rings (SSSR count). The fourth-order valence-electron chi connectivity index (χ4n) is 1.12. The highest BCUT2D eigenvalue weighted by atomic mass is 16.3. The second kappa shape index (κ2) is 4.76. The van der Waals surface area contributed by atoms with E-state index in [4.69, 9.17) is 5.11 Å². The molecule has 0 saturated carbocycles. The zero-order valence-corrected chi connectivity index (χ0v) is 8.40. The molecular weight excluding hydrogens is 182 g/mol. The molecule has 2 N–H and O–H groups in total. The Morgan fingerprint density at radius 3 is 2.93 bits per heavy atom. The number of aromatic nitrogens is 2. The summed E-state index contributed by atoms with van der Waals surface area (Å²) in [5, 5.41) is 16.0. The van der Waals surface area contributed by atoms with E-state index in [1.54, 1.807) is 13.1 Å². The van der Waals surface area contributed by atoms with Crippen molar-refractivity contribution < 1.29 is 5.11 Å². The van der Waals surface area contributed by atoms with Gasteiger partial charge in [0.25, 0.3) is 5.56 Å². The van der Waals surface area contributed by atoms with Gasteiger partial charge in [-0.05, 0) is 13.8 Å². The normalized spacial score (nSPS) is 12.5. The van der Waals surface area contributed by atoms with Crippen LogP contribution in [0.15, 0.2) is 17.1 Å². The number of hydrogen-bond acceptors (Lipinski definition) is 4. The first kappa shape index (κ1) is 10.7. The molecule has 0 saturated heterocycles. The van der Waals surface area contributed by atoms with Gasteiger partial charge in [0.15, 0.2) is 0 Å². The van der Waals surface area contributed by atoms with Crippen molar-refractivity contribution >= 4 is 5.69 Å². The largest absolute Gasteiger partial charge is 0.391 e. The molecule has 0 aliphatic rings. The van der Waals surface area contributed by atoms with Crippen LogP contribution in [0.5, 0.6) is 0 Å². The minimum Gasteiger partial charge on any atom is -0.391 e. The van der Waals surface area contributed by atoms with Crippen LogP contribution in [0.4, 0.5) is 5.69 Å². The first-order chi connectivity index (χ1) is 6.63. The molecule has 0 aliphatic carbocycles. The van der Waals surface area contributed by atoms with Crippen molar-refractivity contribution in [3.63, 3.8) is 0 Å². The Morgan fingerprint density at radius 2 is 2.43 bits per heavy atom. The highest BCUT2D eigenvalue weighted by Crippen LogP contribution is 1.98. The quantitative estimate of drug-likeness (QED) is 0.716. The fourth-order valence-corrected chi connectivity index (χ4v) is 1.12. The van der Waals surface area contributed by atoms with Crippen LogP contribution >= 0.6 is 0 Å². The second-order valence-electron chi connectivity index (χ2n) is 3.14. The second-order valence-corrected chi connectivity index (χ2v) is 3.14. The molecule has 1 unspecified atom stereocenters. The maximum absolute atomic E-state index is 11.4. The molecule has 0 aliphatic heterocycles. The molecule has 0 fully saturated rings. The monoisotopic (exact) mass is 197 g/mol. The molecule has 1 aromatic rings. The number of hydrogen-bond donors (Lipinski definition) is 2. The van der Waals surface area contributed by atoms with E-state index in [2.05, 4.69) is 10.4 Å². The summed E-state index contributed by atoms with van der Waals surface area (Å²) in [6, 6.07) is 1.47. The van der Waals surface area contributed by atoms with Gasteiger partial charge in [-0.15, -0.1) is 0 Å². The molecule has 0 radical (unpaired) electrons. The zero-order valence-electron chi connectivity index (χ0n) is 8.40. The lowest BCUT2D eigenvalue weighted by molar-refractivity contribution is 0.166. The summed E-state index contributed by atoms with van der Waals surface area (Å²) in [6.07, 6.45) is 1.01. The van der Waals surface area contributed by atoms with Crippen molar-refractivity contribution in [3.05, 3.63) is 22.6 Å². The van der Waals surface area contributed by atoms with E-state index in [1.165, 1.54) is 10.7 Å². The van der Waals surface area contributed by atoms with E-state index < -0.39 is 6.10 Å². The molecule has 14 heavy (non-hydrogen) atoms. The highest BCUT2D eigenvalue weighted by Gasteiger charge is 2.02. The maximum Gasteiger partial charge on any atom is 0.268 e. The average molecular weight is 197 g/mol. The van der Waals surface area contributed by atoms with E-state index in [-0.39, 0.29) is 12.1 Å². The van der Waals surface area contributed by atoms with Crippen molar-refractivity contribution in [3.8, 4) is 0 Å². The van der Waals surface area contributed by atoms with E-state index >= 15 is 0 Å². The minimum absolute atomic E-state index is 0.204. The van der Waals surface area contributed by atoms with Gasteiger partial charge in [-0.25, -0.2) is 4.68 Å². The standard InChI is InChI=1S/C9H15N3O2/c1-3-10-8-4-9(14)12(11-5-8)6-7(2)13/h4-5,7,10,13H,3,6H2,1-2H3. The summed E-state index contributed by atoms with van der Waals surface area (Å²) in [4.78, 5) is 11.4. The van der Waals surface area contributed by atoms with Gasteiger partial charge < -0.3 is 10.4 Å². The molecule has 0 amide bonds. The SMILES string of the molecule is CCNc1cnn(CC(C)O)c(=O)c1. The molecule has 78 valence electrons. The lowest BCUT2D eigenvalue weighted by Gasteiger charge is -2.07. The number of rotatable bonds is 4. The van der Waals surface area contributed by atoms with Crippen LogP contribution in [-0.2, 0) is 6.54 Å². The summed E-state index contributed by atoms with van der Waals surface area (Å²) < 4.78 is 1.24. The van der Waals surface area contributed by atoms with Crippen LogP contribution in [0, 0.1) is 0 Å². The van der Waals surface area contributed by atoms with E-state index in [0.29, 0.717) is 5.69 Å². The summed E-state index contributed by atoms with van der Waals surface area (Å²) in [7, 11) is 0. The Hall–Kier alpha value is -1.36. The van der Waals surface area contributed by atoms with Crippen LogP contribution < -0.4 is 10.9 Å². The van der Waals surface area contributed by atoms with Gasteiger partial charge in [0.2, 0.25) is 0 Å². The summed E-state index contributed by atoms with van der Waals surface area (Å²) >= 11 is 0. The smallest absolute Gasteiger partial charge is 0.268 e. The Labute approximate surface area is 82.4 Å². The van der Waals surface area contributed by atoms with E-state index in [9.17, 15) is 4.79 Å². The molecule has 5 heteroatoms. The minimum atomic E-state index is -0.565. The molecule has 0 spiro atoms. The maximum atomic E-state index is 11.4. The van der Waals surface area contributed by atoms with E-state index in [1.807, 2.05) is 6.92 Å². The van der Waals surface area contributed by atoms with Crippen LogP contribution in [-0.4, -0.2) is 27.5 Å². The molecule has 1 atom stereocenters. The van der Waals surface area contributed by atoms with Crippen LogP contribution in [0.1, 0.15) is 13.8 Å². The molecule has 1 aromatic heterocycles. The zero-order chi connectivity index (χ0) is 10.6. The number of aliphatic hydroxyl groups is 1. The van der Waals surface area contributed by atoms with Crippen molar-refractivity contribution in [2.75, 3.05) is 11.9 Å². The predicted molar refractivity (Wildman–Crippen MR) is 54.3 cm³/mol. The summed E-state index contributed by atoms with van der Waals surface area (Å²) in [5.41, 5.74) is 0.503. The van der Waals surface area contributed by atoms with Crippen molar-refractivity contribution in [1.82, 2.24) is 9.78 Å². The number of aliphatic hydroxyl groups excluding tert-OH is 1. The van der Waals surface area contributed by atoms with E-state index in [0.717, 1.165) is 6.54 Å². The molecule has 0 bridgehead atoms. The number of nitrogens with one attached hydrogen (secondary N) is 1. The van der Waals surface area contributed by atoms with Gasteiger partial charge in [-0.1, -0.05) is 0 Å². The molecule has 5 nitrogen and oxygen atoms in total. The van der Waals surface area contributed by atoms with Crippen molar-refractivity contribution in [2.45, 2.75) is 26.5 Å². The third-order valence-corrected chi connectivity index (χ3v) is 1.69. The lowest BCUT2D eigenvalue weighted by atomic mass is 10.4. The fraction of sp³-hybridized carbons (Fsp3) is 0.556. The van der Waals surface area contributed by atoms with Gasteiger partial charge in [-0.3, -0.25) is 4.79 Å². The third-order valence-electron chi connectivity index (χ3n) is 1.69. The van der Waals surface area contributed by atoms with Gasteiger partial charge in [-0.2, -0.15) is 5.10 Å². The summed E-state index contributed by atoms with van der Waals surface area (Å²) in [6.45, 7) is 4.54. The Bertz CT molecular complexity index is 346. The lowest BCUT2D eigenvalue weighted by Crippen LogP contribution is -2.27. The Balaban J connectivity index is 2.85. The molecule has 1 heterocycles. The van der Waals surface area contributed by atoms with Crippen LogP contribution in [0.2, 0.25) is 0 Å². The van der Waals surface area contributed by atoms with Crippen LogP contribution in [0.3, 0.4) is 0 Å².